The molecule has 2 rings (SSSR count). The lowest BCUT2D eigenvalue weighted by Gasteiger charge is -2.11. The van der Waals surface area contributed by atoms with Crippen LogP contribution in [-0.4, -0.2) is 27.5 Å². The first-order valence-corrected chi connectivity index (χ1v) is 7.07. The first-order chi connectivity index (χ1) is 10.4. The van der Waals surface area contributed by atoms with Gasteiger partial charge >= 0.3 is 0 Å². The predicted molar refractivity (Wildman–Crippen MR) is 92.0 cm³/mol. The molecular formula is C15H17N5OS. The van der Waals surface area contributed by atoms with Crippen LogP contribution in [0.15, 0.2) is 24.8 Å². The lowest BCUT2D eigenvalue weighted by Crippen LogP contribution is -2.35. The number of hydrogen-bond donors (Lipinski definition) is 3. The molecule has 0 aliphatic carbocycles. The highest BCUT2D eigenvalue weighted by atomic mass is 32.1. The molecule has 6 nitrogen and oxygen atoms in total. The molecule has 0 spiro atoms. The Hall–Kier alpha value is -2.54. The molecule has 1 aromatic heterocycles. The highest BCUT2D eigenvalue weighted by molar-refractivity contribution is 7.80. The van der Waals surface area contributed by atoms with E-state index in [-0.39, 0.29) is 10.8 Å². The summed E-state index contributed by atoms with van der Waals surface area (Å²) in [5.74, 6) is -0.129. The van der Waals surface area contributed by atoms with Crippen molar-refractivity contribution in [1.82, 2.24) is 15.3 Å². The van der Waals surface area contributed by atoms with E-state index >= 15 is 0 Å². The van der Waals surface area contributed by atoms with E-state index in [0.29, 0.717) is 23.4 Å². The fourth-order valence-electron chi connectivity index (χ4n) is 1.93. The molecular weight excluding hydrogens is 298 g/mol. The molecule has 114 valence electrons. The summed E-state index contributed by atoms with van der Waals surface area (Å²) in [6, 6.07) is 3.83. The van der Waals surface area contributed by atoms with Crippen molar-refractivity contribution in [1.29, 1.82) is 0 Å². The van der Waals surface area contributed by atoms with Crippen LogP contribution in [-0.2, 0) is 0 Å². The third kappa shape index (κ3) is 3.37. The molecule has 0 atom stereocenters. The number of thiocarbonyl (C=S) groups is 1. The van der Waals surface area contributed by atoms with E-state index in [1.165, 1.54) is 0 Å². The number of nitrogens with zero attached hydrogens (tertiary/aromatic N) is 2. The van der Waals surface area contributed by atoms with Crippen LogP contribution < -0.4 is 16.4 Å². The average Bonchev–Trinajstić information content (AvgIpc) is 2.45. The summed E-state index contributed by atoms with van der Waals surface area (Å²) in [5, 5.41) is 5.27. The van der Waals surface area contributed by atoms with Crippen molar-refractivity contribution < 1.29 is 4.79 Å². The largest absolute Gasteiger partial charge is 0.376 e. The minimum absolute atomic E-state index is 0.110. The summed E-state index contributed by atoms with van der Waals surface area (Å²) in [5.41, 5.74) is 9.03. The van der Waals surface area contributed by atoms with Gasteiger partial charge < -0.3 is 11.1 Å². The highest BCUT2D eigenvalue weighted by Crippen LogP contribution is 2.20. The van der Waals surface area contributed by atoms with Gasteiger partial charge in [0.15, 0.2) is 16.6 Å². The molecule has 1 amide bonds. The molecule has 0 unspecified atom stereocenters. The third-order valence-electron chi connectivity index (χ3n) is 3.15. The van der Waals surface area contributed by atoms with Crippen LogP contribution in [0, 0.1) is 13.8 Å². The van der Waals surface area contributed by atoms with Gasteiger partial charge in [-0.05, 0) is 49.3 Å². The number of amides is 1. The van der Waals surface area contributed by atoms with E-state index in [1.807, 2.05) is 26.0 Å². The molecule has 22 heavy (non-hydrogen) atoms. The molecule has 1 aromatic carbocycles. The van der Waals surface area contributed by atoms with Crippen LogP contribution in [0.2, 0.25) is 0 Å². The molecule has 4 N–H and O–H groups in total. The Balaban J connectivity index is 2.59. The SMILES string of the molecule is C=CCNc1nc2cc(C)c(C)cc2nc1C(=O)NC(N)=S. The van der Waals surface area contributed by atoms with Gasteiger partial charge in [0.1, 0.15) is 0 Å². The van der Waals surface area contributed by atoms with E-state index in [0.717, 1.165) is 11.1 Å². The van der Waals surface area contributed by atoms with Crippen molar-refractivity contribution >= 4 is 40.1 Å². The quantitative estimate of drug-likeness (QED) is 0.589. The number of hydrogen-bond acceptors (Lipinski definition) is 5. The summed E-state index contributed by atoms with van der Waals surface area (Å²) in [4.78, 5) is 21.1. The number of carbonyl (C=O) groups is 1. The van der Waals surface area contributed by atoms with Crippen LogP contribution in [0.3, 0.4) is 0 Å². The maximum Gasteiger partial charge on any atom is 0.279 e. The number of benzene rings is 1. The fraction of sp³-hybridized carbons (Fsp3) is 0.200. The Morgan fingerprint density at radius 3 is 2.45 bits per heavy atom. The van der Waals surface area contributed by atoms with Crippen molar-refractivity contribution in [3.8, 4) is 0 Å². The van der Waals surface area contributed by atoms with Crippen molar-refractivity contribution in [3.05, 3.63) is 41.6 Å². The molecule has 2 aromatic rings. The molecule has 1 heterocycles. The number of nitrogens with one attached hydrogen (secondary N) is 2. The fourth-order valence-corrected chi connectivity index (χ4v) is 2.03. The minimum Gasteiger partial charge on any atom is -0.376 e. The molecule has 0 saturated carbocycles. The van der Waals surface area contributed by atoms with Gasteiger partial charge in [-0.15, -0.1) is 6.58 Å². The maximum absolute atomic E-state index is 12.2. The topological polar surface area (TPSA) is 92.9 Å². The summed E-state index contributed by atoms with van der Waals surface area (Å²) in [7, 11) is 0. The molecule has 0 saturated heterocycles. The lowest BCUT2D eigenvalue weighted by molar-refractivity contribution is 0.0973. The first-order valence-electron chi connectivity index (χ1n) is 6.67. The van der Waals surface area contributed by atoms with Crippen LogP contribution in [0.4, 0.5) is 5.82 Å². The van der Waals surface area contributed by atoms with Gasteiger partial charge in [0.2, 0.25) is 0 Å². The monoisotopic (exact) mass is 315 g/mol. The van der Waals surface area contributed by atoms with Gasteiger partial charge in [0.25, 0.3) is 5.91 Å². The van der Waals surface area contributed by atoms with Crippen LogP contribution in [0.1, 0.15) is 21.6 Å². The van der Waals surface area contributed by atoms with Crippen molar-refractivity contribution in [2.24, 2.45) is 5.73 Å². The Labute approximate surface area is 133 Å². The molecule has 0 fully saturated rings. The highest BCUT2D eigenvalue weighted by Gasteiger charge is 2.17. The lowest BCUT2D eigenvalue weighted by atomic mass is 10.1. The Bertz CT molecular complexity index is 772. The zero-order chi connectivity index (χ0) is 16.3. The molecule has 0 aliphatic rings. The van der Waals surface area contributed by atoms with Gasteiger partial charge in [-0.2, -0.15) is 0 Å². The van der Waals surface area contributed by atoms with Crippen LogP contribution in [0.5, 0.6) is 0 Å². The zero-order valence-corrected chi connectivity index (χ0v) is 13.3. The van der Waals surface area contributed by atoms with Crippen LogP contribution >= 0.6 is 12.2 Å². The molecule has 0 radical (unpaired) electrons. The van der Waals surface area contributed by atoms with Gasteiger partial charge in [-0.1, -0.05) is 6.08 Å². The van der Waals surface area contributed by atoms with Crippen LogP contribution in [0.25, 0.3) is 11.0 Å². The predicted octanol–water partition coefficient (Wildman–Crippen LogP) is 1.82. The van der Waals surface area contributed by atoms with Gasteiger partial charge in [0, 0.05) is 6.54 Å². The van der Waals surface area contributed by atoms with E-state index in [1.54, 1.807) is 6.08 Å². The number of nitrogens with two attached hydrogens (primary N) is 1. The molecule has 0 bridgehead atoms. The van der Waals surface area contributed by atoms with Gasteiger partial charge in [0.05, 0.1) is 11.0 Å². The Morgan fingerprint density at radius 1 is 1.32 bits per heavy atom. The Kier molecular flexibility index (Phi) is 4.67. The summed E-state index contributed by atoms with van der Waals surface area (Å²) >= 11 is 4.70. The van der Waals surface area contributed by atoms with E-state index in [9.17, 15) is 4.79 Å². The van der Waals surface area contributed by atoms with E-state index < -0.39 is 5.91 Å². The average molecular weight is 315 g/mol. The Morgan fingerprint density at radius 2 is 1.91 bits per heavy atom. The number of aryl methyl sites for hydroxylation is 2. The maximum atomic E-state index is 12.2. The number of anilines is 1. The number of rotatable bonds is 4. The standard InChI is InChI=1S/C15H17N5OS/c1-4-5-17-13-12(14(21)20-15(16)22)18-10-6-8(2)9(3)7-11(10)19-13/h4,6-7H,1,5H2,2-3H3,(H,17,19)(H3,16,20,21,22). The number of aromatic nitrogens is 2. The second-order valence-corrected chi connectivity index (χ2v) is 5.27. The molecule has 0 aliphatic heterocycles. The smallest absolute Gasteiger partial charge is 0.279 e. The van der Waals surface area contributed by atoms with Gasteiger partial charge in [-0.25, -0.2) is 9.97 Å². The van der Waals surface area contributed by atoms with Crippen molar-refractivity contribution in [3.63, 3.8) is 0 Å². The van der Waals surface area contributed by atoms with Gasteiger partial charge in [-0.3, -0.25) is 10.1 Å². The zero-order valence-electron chi connectivity index (χ0n) is 12.4. The van der Waals surface area contributed by atoms with E-state index in [4.69, 9.17) is 18.0 Å². The molecule has 7 heteroatoms. The summed E-state index contributed by atoms with van der Waals surface area (Å²) < 4.78 is 0. The number of carbonyl (C=O) groups excluding carboxylic acids is 1. The second-order valence-electron chi connectivity index (χ2n) is 4.83. The summed E-state index contributed by atoms with van der Waals surface area (Å²) in [6.45, 7) is 8.07. The van der Waals surface area contributed by atoms with Crippen molar-refractivity contribution in [2.75, 3.05) is 11.9 Å². The second kappa shape index (κ2) is 6.48. The van der Waals surface area contributed by atoms with Crippen molar-refractivity contribution in [2.45, 2.75) is 13.8 Å². The third-order valence-corrected chi connectivity index (χ3v) is 3.25. The number of fused-ring (bicyclic) bond motifs is 1. The summed E-state index contributed by atoms with van der Waals surface area (Å²) in [6.07, 6.45) is 1.67. The van der Waals surface area contributed by atoms with E-state index in [2.05, 4.69) is 27.2 Å². The minimum atomic E-state index is -0.494. The normalized spacial score (nSPS) is 10.3. The first kappa shape index (κ1) is 15.8.